The lowest BCUT2D eigenvalue weighted by molar-refractivity contribution is -0.124. The van der Waals surface area contributed by atoms with Crippen molar-refractivity contribution >= 4 is 15.9 Å². The number of likely N-dealkylation sites (N-methyl/N-ethyl adjacent to an activating group) is 1. The Bertz CT molecular complexity index is 753. The lowest BCUT2D eigenvalue weighted by Gasteiger charge is -2.32. The van der Waals surface area contributed by atoms with E-state index in [0.29, 0.717) is 18.7 Å². The van der Waals surface area contributed by atoms with Crippen LogP contribution >= 0.6 is 0 Å². The summed E-state index contributed by atoms with van der Waals surface area (Å²) in [6, 6.07) is 3.51. The Kier molecular flexibility index (Phi) is 4.63. The Morgan fingerprint density at radius 1 is 1.25 bits per heavy atom. The van der Waals surface area contributed by atoms with E-state index >= 15 is 0 Å². The number of nitrogens with zero attached hydrogens (tertiary/aromatic N) is 2. The van der Waals surface area contributed by atoms with E-state index in [1.54, 1.807) is 6.92 Å². The molecule has 0 unspecified atom stereocenters. The molecule has 1 aromatic rings. The first-order valence-corrected chi connectivity index (χ1v) is 9.54. The highest BCUT2D eigenvalue weighted by molar-refractivity contribution is 7.89. The lowest BCUT2D eigenvalue weighted by Crippen LogP contribution is -2.49. The van der Waals surface area contributed by atoms with Crippen molar-refractivity contribution in [3.8, 4) is 0 Å². The quantitative estimate of drug-likeness (QED) is 0.861. The molecule has 0 spiro atoms. The number of fused-ring (bicyclic) bond motifs is 3. The van der Waals surface area contributed by atoms with Crippen molar-refractivity contribution in [1.82, 2.24) is 14.5 Å². The molecule has 0 aromatic heterocycles. The topological polar surface area (TPSA) is 69.7 Å². The van der Waals surface area contributed by atoms with E-state index in [2.05, 4.69) is 10.2 Å². The highest BCUT2D eigenvalue weighted by Crippen LogP contribution is 2.25. The van der Waals surface area contributed by atoms with E-state index in [1.807, 2.05) is 6.92 Å². The second-order valence-corrected chi connectivity index (χ2v) is 8.39. The highest BCUT2D eigenvalue weighted by atomic mass is 32.2. The fourth-order valence-corrected chi connectivity index (χ4v) is 5.17. The van der Waals surface area contributed by atoms with Gasteiger partial charge in [0.05, 0.1) is 16.9 Å². The number of carbonyl (C=O) groups is 1. The van der Waals surface area contributed by atoms with Gasteiger partial charge in [0.1, 0.15) is 5.82 Å². The Labute approximate surface area is 141 Å². The highest BCUT2D eigenvalue weighted by Gasteiger charge is 2.40. The molecule has 1 amide bonds. The van der Waals surface area contributed by atoms with Gasteiger partial charge in [-0.1, -0.05) is 13.0 Å². The van der Waals surface area contributed by atoms with E-state index in [1.165, 1.54) is 16.4 Å². The molecule has 8 heteroatoms. The van der Waals surface area contributed by atoms with Crippen molar-refractivity contribution in [3.63, 3.8) is 0 Å². The van der Waals surface area contributed by atoms with Gasteiger partial charge < -0.3 is 10.2 Å². The predicted octanol–water partition coefficient (Wildman–Crippen LogP) is 0.575. The Balaban J connectivity index is 1.95. The number of nitrogens with one attached hydrogen (secondary N) is 1. The summed E-state index contributed by atoms with van der Waals surface area (Å²) in [5.41, 5.74) is 0.500. The molecule has 132 valence electrons. The van der Waals surface area contributed by atoms with E-state index in [0.717, 1.165) is 12.6 Å². The Hall–Kier alpha value is -1.51. The van der Waals surface area contributed by atoms with E-state index in [-0.39, 0.29) is 29.9 Å². The van der Waals surface area contributed by atoms with E-state index in [4.69, 9.17) is 0 Å². The summed E-state index contributed by atoms with van der Waals surface area (Å²) < 4.78 is 40.9. The third-order valence-electron chi connectivity index (χ3n) is 4.74. The molecular weight excluding hydrogens is 333 g/mol. The average molecular weight is 355 g/mol. The lowest BCUT2D eigenvalue weighted by atomic mass is 10.1. The number of hydrogen-bond donors (Lipinski definition) is 1. The van der Waals surface area contributed by atoms with Gasteiger partial charge in [-0.2, -0.15) is 4.31 Å². The van der Waals surface area contributed by atoms with Gasteiger partial charge in [0.25, 0.3) is 0 Å². The van der Waals surface area contributed by atoms with Gasteiger partial charge in [0.15, 0.2) is 0 Å². The molecule has 24 heavy (non-hydrogen) atoms. The number of amides is 1. The minimum absolute atomic E-state index is 0.0257. The maximum absolute atomic E-state index is 13.6. The molecule has 2 saturated heterocycles. The molecule has 0 aliphatic carbocycles. The summed E-state index contributed by atoms with van der Waals surface area (Å²) in [4.78, 5) is 14.4. The van der Waals surface area contributed by atoms with Crippen LogP contribution in [0.2, 0.25) is 0 Å². The van der Waals surface area contributed by atoms with Gasteiger partial charge in [0.2, 0.25) is 15.9 Å². The maximum Gasteiger partial charge on any atom is 0.243 e. The third-order valence-corrected chi connectivity index (χ3v) is 6.71. The normalized spacial score (nSPS) is 26.0. The first kappa shape index (κ1) is 17.3. The van der Waals surface area contributed by atoms with Crippen LogP contribution in [0.1, 0.15) is 12.5 Å². The number of halogens is 1. The summed E-state index contributed by atoms with van der Waals surface area (Å²) in [6.07, 6.45) is 0. The van der Waals surface area contributed by atoms with Crippen LogP contribution in [-0.4, -0.2) is 62.3 Å². The molecule has 6 nitrogen and oxygen atoms in total. The smallest absolute Gasteiger partial charge is 0.243 e. The SMILES string of the molecule is CCN1C[C@H]2CN(S(=O)(=O)c3cc(F)ccc3C)C[C@@H](C1)C(=O)N2. The number of aryl methyl sites for hydroxylation is 1. The van der Waals surface area contributed by atoms with Gasteiger partial charge in [-0.15, -0.1) is 0 Å². The molecule has 1 aromatic carbocycles. The van der Waals surface area contributed by atoms with Crippen LogP contribution in [0.3, 0.4) is 0 Å². The molecule has 2 fully saturated rings. The minimum atomic E-state index is -3.85. The van der Waals surface area contributed by atoms with Crippen molar-refractivity contribution in [1.29, 1.82) is 0 Å². The first-order valence-electron chi connectivity index (χ1n) is 8.10. The number of hydrogen-bond acceptors (Lipinski definition) is 4. The van der Waals surface area contributed by atoms with Crippen LogP contribution in [0.15, 0.2) is 23.1 Å². The Morgan fingerprint density at radius 2 is 2.00 bits per heavy atom. The van der Waals surface area contributed by atoms with Gasteiger partial charge in [-0.3, -0.25) is 4.79 Å². The van der Waals surface area contributed by atoms with Crippen LogP contribution < -0.4 is 5.32 Å². The third kappa shape index (κ3) is 3.18. The van der Waals surface area contributed by atoms with Crippen LogP contribution in [0.5, 0.6) is 0 Å². The van der Waals surface area contributed by atoms with Crippen LogP contribution in [0.4, 0.5) is 4.39 Å². The van der Waals surface area contributed by atoms with Gasteiger partial charge in [0, 0.05) is 26.2 Å². The van der Waals surface area contributed by atoms with E-state index < -0.39 is 21.8 Å². The van der Waals surface area contributed by atoms with Crippen molar-refractivity contribution in [3.05, 3.63) is 29.6 Å². The summed E-state index contributed by atoms with van der Waals surface area (Å²) in [5, 5.41) is 2.92. The van der Waals surface area contributed by atoms with Gasteiger partial charge >= 0.3 is 0 Å². The number of sulfonamides is 1. The number of benzene rings is 1. The standard InChI is InChI=1S/C16H22FN3O3S/c1-3-19-7-12-8-20(10-14(9-19)18-16(12)21)24(22,23)15-6-13(17)5-4-11(15)2/h4-6,12,14H,3,7-10H2,1-2H3,(H,18,21)/t12-,14+/m1/s1. The number of carbonyl (C=O) groups excluding carboxylic acids is 1. The minimum Gasteiger partial charge on any atom is -0.350 e. The fourth-order valence-electron chi connectivity index (χ4n) is 3.40. The second kappa shape index (κ2) is 6.42. The monoisotopic (exact) mass is 355 g/mol. The molecule has 2 bridgehead atoms. The zero-order valence-corrected chi connectivity index (χ0v) is 14.6. The fraction of sp³-hybridized carbons (Fsp3) is 0.562. The number of rotatable bonds is 3. The van der Waals surface area contributed by atoms with Crippen LogP contribution in [-0.2, 0) is 14.8 Å². The second-order valence-electron chi connectivity index (χ2n) is 6.49. The summed E-state index contributed by atoms with van der Waals surface area (Å²) >= 11 is 0. The molecular formula is C16H22FN3O3S. The summed E-state index contributed by atoms with van der Waals surface area (Å²) in [5.74, 6) is -1.11. The molecule has 2 atom stereocenters. The first-order chi connectivity index (χ1) is 11.3. The molecule has 0 saturated carbocycles. The van der Waals surface area contributed by atoms with E-state index in [9.17, 15) is 17.6 Å². The van der Waals surface area contributed by atoms with Crippen LogP contribution in [0, 0.1) is 18.7 Å². The maximum atomic E-state index is 13.6. The van der Waals surface area contributed by atoms with Crippen molar-refractivity contribution in [2.24, 2.45) is 5.92 Å². The molecule has 3 rings (SSSR count). The van der Waals surface area contributed by atoms with Crippen molar-refractivity contribution < 1.29 is 17.6 Å². The average Bonchev–Trinajstić information content (AvgIpc) is 2.76. The molecule has 2 aliphatic heterocycles. The molecule has 1 N–H and O–H groups in total. The van der Waals surface area contributed by atoms with Gasteiger partial charge in [-0.25, -0.2) is 12.8 Å². The predicted molar refractivity (Wildman–Crippen MR) is 87.4 cm³/mol. The molecule has 0 radical (unpaired) electrons. The molecule has 2 aliphatic rings. The van der Waals surface area contributed by atoms with Crippen molar-refractivity contribution in [2.45, 2.75) is 24.8 Å². The summed E-state index contributed by atoms with van der Waals surface area (Å²) in [7, 11) is -3.85. The zero-order valence-electron chi connectivity index (χ0n) is 13.8. The molecule has 2 heterocycles. The van der Waals surface area contributed by atoms with Gasteiger partial charge in [-0.05, 0) is 31.2 Å². The Morgan fingerprint density at radius 3 is 2.71 bits per heavy atom. The van der Waals surface area contributed by atoms with Crippen LogP contribution in [0.25, 0.3) is 0 Å². The zero-order chi connectivity index (χ0) is 17.5. The summed E-state index contributed by atoms with van der Waals surface area (Å²) in [6.45, 7) is 5.97. The van der Waals surface area contributed by atoms with Crippen molar-refractivity contribution in [2.75, 3.05) is 32.7 Å². The largest absolute Gasteiger partial charge is 0.350 e.